The molecule has 2 aromatic rings. The first-order valence-electron chi connectivity index (χ1n) is 8.23. The number of benzene rings is 1. The van der Waals surface area contributed by atoms with Gasteiger partial charge in [0.05, 0.1) is 0 Å². The lowest BCUT2D eigenvalue weighted by atomic mass is 9.87. The maximum absolute atomic E-state index is 12.9. The number of ether oxygens (including phenoxy) is 1. The average molecular weight is 405 g/mol. The summed E-state index contributed by atoms with van der Waals surface area (Å²) >= 11 is 0. The second-order valence-corrected chi connectivity index (χ2v) is 6.11. The predicted octanol–water partition coefficient (Wildman–Crippen LogP) is 2.60. The molecule has 1 amide bonds. The summed E-state index contributed by atoms with van der Waals surface area (Å²) in [5.41, 5.74) is -0.0777. The molecule has 1 aliphatic rings. The van der Waals surface area contributed by atoms with E-state index in [0.29, 0.717) is 31.5 Å². The first-order valence-corrected chi connectivity index (χ1v) is 8.23. The molecule has 0 atom stereocenters. The summed E-state index contributed by atoms with van der Waals surface area (Å²) < 4.78 is 42.1. The first kappa shape index (κ1) is 21.0. The van der Waals surface area contributed by atoms with Crippen LogP contribution in [0.2, 0.25) is 0 Å². The number of nitrogens with one attached hydrogen (secondary N) is 2. The van der Waals surface area contributed by atoms with E-state index in [2.05, 4.69) is 20.5 Å². The van der Waals surface area contributed by atoms with Crippen LogP contribution in [0.5, 0.6) is 5.75 Å². The van der Waals surface area contributed by atoms with Gasteiger partial charge in [0.2, 0.25) is 5.91 Å². The van der Waals surface area contributed by atoms with E-state index < -0.39 is 11.9 Å². The summed E-state index contributed by atoms with van der Waals surface area (Å²) in [5.74, 6) is -0.447. The van der Waals surface area contributed by atoms with Gasteiger partial charge in [-0.15, -0.1) is 25.6 Å². The average Bonchev–Trinajstić information content (AvgIpc) is 3.15. The highest BCUT2D eigenvalue weighted by molar-refractivity contribution is 5.85. The lowest BCUT2D eigenvalue weighted by Gasteiger charge is -2.36. The Morgan fingerprint density at radius 3 is 2.48 bits per heavy atom. The Balaban J connectivity index is 0.00000261. The number of halogens is 4. The summed E-state index contributed by atoms with van der Waals surface area (Å²) in [5, 5.41) is 10.3. The zero-order chi connectivity index (χ0) is 18.6. The number of carbonyl (C=O) groups excluding carboxylic acids is 1. The highest BCUT2D eigenvalue weighted by Crippen LogP contribution is 2.27. The molecule has 27 heavy (non-hydrogen) atoms. The van der Waals surface area contributed by atoms with Crippen LogP contribution in [-0.4, -0.2) is 35.1 Å². The second kappa shape index (κ2) is 8.62. The first-order chi connectivity index (χ1) is 12.4. The Morgan fingerprint density at radius 1 is 1.26 bits per heavy atom. The molecular formula is C17H20ClF3N4O2. The monoisotopic (exact) mass is 404 g/mol. The quantitative estimate of drug-likeness (QED) is 0.803. The number of amides is 1. The standard InChI is InChI=1S/C17H19F3N4O2.ClH/c18-17(19,20)26-14-4-2-13(3-5-14)12-22-15(25)16(6-9-21-10-7-16)24-11-1-8-23-24;/h1-5,8,11,21H,6-7,9-10,12H2,(H,22,25);1H. The van der Waals surface area contributed by atoms with Crippen molar-refractivity contribution in [2.45, 2.75) is 31.3 Å². The fourth-order valence-corrected chi connectivity index (χ4v) is 3.08. The van der Waals surface area contributed by atoms with Gasteiger partial charge in [-0.1, -0.05) is 12.1 Å². The van der Waals surface area contributed by atoms with Gasteiger partial charge in [0, 0.05) is 18.9 Å². The van der Waals surface area contributed by atoms with Gasteiger partial charge in [-0.05, 0) is 49.7 Å². The molecule has 0 unspecified atom stereocenters. The zero-order valence-corrected chi connectivity index (χ0v) is 15.1. The number of piperidine rings is 1. The van der Waals surface area contributed by atoms with Gasteiger partial charge in [0.1, 0.15) is 11.3 Å². The molecule has 2 N–H and O–H groups in total. The third kappa shape index (κ3) is 5.14. The molecule has 1 saturated heterocycles. The SMILES string of the molecule is Cl.O=C(NCc1ccc(OC(F)(F)F)cc1)C1(n2cccn2)CCNCC1. The van der Waals surface area contributed by atoms with E-state index in [1.165, 1.54) is 24.3 Å². The van der Waals surface area contributed by atoms with E-state index in [0.717, 1.165) is 0 Å². The van der Waals surface area contributed by atoms with Gasteiger partial charge >= 0.3 is 6.36 Å². The summed E-state index contributed by atoms with van der Waals surface area (Å²) in [7, 11) is 0. The fraction of sp³-hybridized carbons (Fsp3) is 0.412. The maximum Gasteiger partial charge on any atom is 0.573 e. The number of hydrogen-bond acceptors (Lipinski definition) is 4. The molecule has 0 radical (unpaired) electrons. The van der Waals surface area contributed by atoms with E-state index >= 15 is 0 Å². The molecule has 0 bridgehead atoms. The van der Waals surface area contributed by atoms with Gasteiger partial charge in [-0.2, -0.15) is 5.10 Å². The Kier molecular flexibility index (Phi) is 6.72. The number of rotatable bonds is 5. The van der Waals surface area contributed by atoms with Crippen LogP contribution in [0.4, 0.5) is 13.2 Å². The Labute approximate surface area is 160 Å². The van der Waals surface area contributed by atoms with Crippen LogP contribution in [0.15, 0.2) is 42.7 Å². The van der Waals surface area contributed by atoms with Gasteiger partial charge in [-0.3, -0.25) is 9.48 Å². The van der Waals surface area contributed by atoms with E-state index in [1.54, 1.807) is 23.1 Å². The molecule has 0 spiro atoms. The molecule has 1 fully saturated rings. The van der Waals surface area contributed by atoms with Crippen molar-refractivity contribution < 1.29 is 22.7 Å². The van der Waals surface area contributed by atoms with Gasteiger partial charge < -0.3 is 15.4 Å². The van der Waals surface area contributed by atoms with Crippen LogP contribution >= 0.6 is 12.4 Å². The van der Waals surface area contributed by atoms with Crippen LogP contribution in [0.25, 0.3) is 0 Å². The number of nitrogens with zero attached hydrogens (tertiary/aromatic N) is 2. The third-order valence-electron chi connectivity index (χ3n) is 4.41. The van der Waals surface area contributed by atoms with Crippen LogP contribution < -0.4 is 15.4 Å². The molecule has 0 aliphatic carbocycles. The minimum atomic E-state index is -4.72. The topological polar surface area (TPSA) is 68.2 Å². The van der Waals surface area contributed by atoms with Crippen LogP contribution in [-0.2, 0) is 16.9 Å². The molecule has 0 saturated carbocycles. The van der Waals surface area contributed by atoms with Crippen molar-refractivity contribution in [1.82, 2.24) is 20.4 Å². The Bertz CT molecular complexity index is 730. The van der Waals surface area contributed by atoms with Crippen molar-refractivity contribution in [1.29, 1.82) is 0 Å². The summed E-state index contributed by atoms with van der Waals surface area (Å²) in [6, 6.07) is 7.21. The molecule has 1 aromatic carbocycles. The van der Waals surface area contributed by atoms with E-state index in [4.69, 9.17) is 0 Å². The number of aromatic nitrogens is 2. The van der Waals surface area contributed by atoms with Crippen LogP contribution in [0.1, 0.15) is 18.4 Å². The number of alkyl halides is 3. The minimum Gasteiger partial charge on any atom is -0.406 e. The van der Waals surface area contributed by atoms with Gasteiger partial charge in [0.25, 0.3) is 0 Å². The van der Waals surface area contributed by atoms with Crippen LogP contribution in [0, 0.1) is 0 Å². The normalized spacial score (nSPS) is 16.3. The summed E-state index contributed by atoms with van der Waals surface area (Å²) in [6.45, 7) is 1.62. The van der Waals surface area contributed by atoms with Crippen molar-refractivity contribution in [3.05, 3.63) is 48.3 Å². The third-order valence-corrected chi connectivity index (χ3v) is 4.41. The molecule has 2 heterocycles. The fourth-order valence-electron chi connectivity index (χ4n) is 3.08. The van der Waals surface area contributed by atoms with Crippen molar-refractivity contribution in [3.8, 4) is 5.75 Å². The Morgan fingerprint density at radius 2 is 1.93 bits per heavy atom. The number of hydrogen-bond donors (Lipinski definition) is 2. The molecular weight excluding hydrogens is 385 g/mol. The summed E-state index contributed by atoms with van der Waals surface area (Å²) in [4.78, 5) is 12.9. The van der Waals surface area contributed by atoms with Crippen molar-refractivity contribution in [2.24, 2.45) is 0 Å². The summed E-state index contributed by atoms with van der Waals surface area (Å²) in [6.07, 6.45) is -0.0940. The highest BCUT2D eigenvalue weighted by atomic mass is 35.5. The van der Waals surface area contributed by atoms with Gasteiger partial charge in [-0.25, -0.2) is 0 Å². The molecule has 6 nitrogen and oxygen atoms in total. The van der Waals surface area contributed by atoms with E-state index in [9.17, 15) is 18.0 Å². The zero-order valence-electron chi connectivity index (χ0n) is 14.3. The molecule has 1 aromatic heterocycles. The smallest absolute Gasteiger partial charge is 0.406 e. The van der Waals surface area contributed by atoms with Crippen molar-refractivity contribution >= 4 is 18.3 Å². The lowest BCUT2D eigenvalue weighted by molar-refractivity contribution is -0.274. The van der Waals surface area contributed by atoms with Crippen molar-refractivity contribution in [2.75, 3.05) is 13.1 Å². The van der Waals surface area contributed by atoms with E-state index in [1.807, 2.05) is 0 Å². The largest absolute Gasteiger partial charge is 0.573 e. The lowest BCUT2D eigenvalue weighted by Crippen LogP contribution is -2.54. The molecule has 3 rings (SSSR count). The Hall–Kier alpha value is -2.26. The molecule has 1 aliphatic heterocycles. The van der Waals surface area contributed by atoms with E-state index in [-0.39, 0.29) is 30.6 Å². The van der Waals surface area contributed by atoms with Gasteiger partial charge in [0.15, 0.2) is 0 Å². The maximum atomic E-state index is 12.9. The highest BCUT2D eigenvalue weighted by Gasteiger charge is 2.41. The molecule has 10 heteroatoms. The predicted molar refractivity (Wildman–Crippen MR) is 94.5 cm³/mol. The molecule has 148 valence electrons. The van der Waals surface area contributed by atoms with Crippen molar-refractivity contribution in [3.63, 3.8) is 0 Å². The van der Waals surface area contributed by atoms with Crippen LogP contribution in [0.3, 0.4) is 0 Å². The minimum absolute atomic E-state index is 0. The second-order valence-electron chi connectivity index (χ2n) is 6.11. The number of carbonyl (C=O) groups is 1.